The molecule has 0 bridgehead atoms. The lowest BCUT2D eigenvalue weighted by atomic mass is 10.1. The maximum Gasteiger partial charge on any atom is 0.407 e. The summed E-state index contributed by atoms with van der Waals surface area (Å²) in [7, 11) is 0. The average Bonchev–Trinajstić information content (AvgIpc) is 1.99. The van der Waals surface area contributed by atoms with Gasteiger partial charge in [0.2, 0.25) is 0 Å². The summed E-state index contributed by atoms with van der Waals surface area (Å²) < 4.78 is 18.0. The first-order valence-corrected chi connectivity index (χ1v) is 5.21. The Morgan fingerprint density at radius 2 is 2.13 bits per heavy atom. The molecule has 2 atom stereocenters. The van der Waals surface area contributed by atoms with Gasteiger partial charge in [-0.1, -0.05) is 0 Å². The molecule has 1 heterocycles. The van der Waals surface area contributed by atoms with Crippen molar-refractivity contribution in [1.29, 1.82) is 0 Å². The molecular weight excluding hydrogens is 199 g/mol. The molecule has 2 N–H and O–H groups in total. The summed E-state index contributed by atoms with van der Waals surface area (Å²) in [5.74, 6) is 0. The number of hydrogen-bond acceptors (Lipinski definition) is 3. The van der Waals surface area contributed by atoms with Crippen LogP contribution in [-0.2, 0) is 4.74 Å². The van der Waals surface area contributed by atoms with Crippen molar-refractivity contribution in [2.45, 2.75) is 45.0 Å². The van der Waals surface area contributed by atoms with Crippen LogP contribution in [0.5, 0.6) is 0 Å². The SMILES string of the molecule is CC(C)(C)OC(=O)N[C@H]1CNCC(F)C1. The number of ether oxygens (including phenoxy) is 1. The van der Waals surface area contributed by atoms with Crippen LogP contribution >= 0.6 is 0 Å². The van der Waals surface area contributed by atoms with Crippen LogP contribution in [0.25, 0.3) is 0 Å². The van der Waals surface area contributed by atoms with Gasteiger partial charge in [-0.15, -0.1) is 0 Å². The molecule has 0 aromatic rings. The summed E-state index contributed by atoms with van der Waals surface area (Å²) in [6.45, 7) is 6.35. The van der Waals surface area contributed by atoms with Crippen LogP contribution in [-0.4, -0.2) is 37.0 Å². The minimum atomic E-state index is -0.890. The van der Waals surface area contributed by atoms with Gasteiger partial charge in [0, 0.05) is 25.6 Å². The number of alkyl halides is 1. The van der Waals surface area contributed by atoms with Crippen molar-refractivity contribution in [1.82, 2.24) is 10.6 Å². The smallest absolute Gasteiger partial charge is 0.407 e. The van der Waals surface area contributed by atoms with Gasteiger partial charge in [-0.2, -0.15) is 0 Å². The molecule has 4 nitrogen and oxygen atoms in total. The van der Waals surface area contributed by atoms with Gasteiger partial charge in [0.05, 0.1) is 0 Å². The summed E-state index contributed by atoms with van der Waals surface area (Å²) in [6, 6.07) is -0.177. The molecule has 0 aliphatic carbocycles. The van der Waals surface area contributed by atoms with E-state index in [4.69, 9.17) is 4.74 Å². The molecule has 0 aromatic carbocycles. The summed E-state index contributed by atoms with van der Waals surface area (Å²) in [5.41, 5.74) is -0.513. The number of alkyl carbamates (subject to hydrolysis) is 1. The Balaban J connectivity index is 2.31. The second kappa shape index (κ2) is 4.79. The highest BCUT2D eigenvalue weighted by Crippen LogP contribution is 2.09. The normalized spacial score (nSPS) is 27.2. The van der Waals surface area contributed by atoms with Crippen molar-refractivity contribution < 1.29 is 13.9 Å². The highest BCUT2D eigenvalue weighted by atomic mass is 19.1. The van der Waals surface area contributed by atoms with E-state index in [0.29, 0.717) is 19.5 Å². The van der Waals surface area contributed by atoms with Crippen LogP contribution < -0.4 is 10.6 Å². The van der Waals surface area contributed by atoms with Gasteiger partial charge in [0.25, 0.3) is 0 Å². The average molecular weight is 218 g/mol. The molecule has 1 amide bonds. The molecule has 0 aromatic heterocycles. The van der Waals surface area contributed by atoms with Crippen molar-refractivity contribution in [2.24, 2.45) is 0 Å². The van der Waals surface area contributed by atoms with E-state index in [-0.39, 0.29) is 6.04 Å². The second-order valence-electron chi connectivity index (χ2n) is 4.83. The molecule has 1 aliphatic heterocycles. The highest BCUT2D eigenvalue weighted by Gasteiger charge is 2.24. The zero-order valence-electron chi connectivity index (χ0n) is 9.47. The molecule has 1 fully saturated rings. The number of nitrogens with one attached hydrogen (secondary N) is 2. The van der Waals surface area contributed by atoms with Gasteiger partial charge in [-0.05, 0) is 20.8 Å². The monoisotopic (exact) mass is 218 g/mol. The van der Waals surface area contributed by atoms with Gasteiger partial charge in [0.15, 0.2) is 0 Å². The first-order valence-electron chi connectivity index (χ1n) is 5.21. The van der Waals surface area contributed by atoms with E-state index in [1.165, 1.54) is 0 Å². The predicted octanol–water partition coefficient (Wildman–Crippen LogP) is 1.21. The molecule has 1 saturated heterocycles. The van der Waals surface area contributed by atoms with Gasteiger partial charge < -0.3 is 15.4 Å². The molecule has 88 valence electrons. The third kappa shape index (κ3) is 4.97. The third-order valence-electron chi connectivity index (χ3n) is 2.02. The Morgan fingerprint density at radius 3 is 2.67 bits per heavy atom. The lowest BCUT2D eigenvalue weighted by Crippen LogP contribution is -2.50. The van der Waals surface area contributed by atoms with E-state index in [1.54, 1.807) is 20.8 Å². The maximum atomic E-state index is 13.0. The number of halogens is 1. The lowest BCUT2D eigenvalue weighted by Gasteiger charge is -2.28. The number of carbonyl (C=O) groups excluding carboxylic acids is 1. The van der Waals surface area contributed by atoms with Crippen LogP contribution in [0.15, 0.2) is 0 Å². The molecule has 0 spiro atoms. The summed E-state index contributed by atoms with van der Waals surface area (Å²) >= 11 is 0. The maximum absolute atomic E-state index is 13.0. The molecule has 1 aliphatic rings. The molecule has 15 heavy (non-hydrogen) atoms. The van der Waals surface area contributed by atoms with E-state index in [2.05, 4.69) is 10.6 Å². The van der Waals surface area contributed by atoms with Crippen molar-refractivity contribution in [3.63, 3.8) is 0 Å². The number of amides is 1. The predicted molar refractivity (Wildman–Crippen MR) is 55.5 cm³/mol. The van der Waals surface area contributed by atoms with Crippen LogP contribution in [0.3, 0.4) is 0 Å². The van der Waals surface area contributed by atoms with Crippen molar-refractivity contribution >= 4 is 6.09 Å². The quantitative estimate of drug-likeness (QED) is 0.695. The Labute approximate surface area is 89.6 Å². The zero-order chi connectivity index (χ0) is 11.5. The minimum Gasteiger partial charge on any atom is -0.444 e. The standard InChI is InChI=1S/C10H19FN2O2/c1-10(2,3)15-9(14)13-8-4-7(11)5-12-6-8/h7-8,12H,4-6H2,1-3H3,(H,13,14)/t7?,8-/m1/s1. The Morgan fingerprint density at radius 1 is 1.47 bits per heavy atom. The van der Waals surface area contributed by atoms with Crippen molar-refractivity contribution in [3.05, 3.63) is 0 Å². The summed E-state index contributed by atoms with van der Waals surface area (Å²) in [6.07, 6.45) is -1.02. The van der Waals surface area contributed by atoms with E-state index in [0.717, 1.165) is 0 Å². The lowest BCUT2D eigenvalue weighted by molar-refractivity contribution is 0.0486. The first-order chi connectivity index (χ1) is 6.87. The molecular formula is C10H19FN2O2. The molecule has 0 radical (unpaired) electrons. The van der Waals surface area contributed by atoms with Crippen LogP contribution in [0.2, 0.25) is 0 Å². The van der Waals surface area contributed by atoms with Gasteiger partial charge >= 0.3 is 6.09 Å². The van der Waals surface area contributed by atoms with E-state index < -0.39 is 17.9 Å². The summed E-state index contributed by atoms with van der Waals surface area (Å²) in [5, 5.41) is 5.55. The Hall–Kier alpha value is -0.840. The van der Waals surface area contributed by atoms with Gasteiger partial charge in [-0.25, -0.2) is 9.18 Å². The van der Waals surface area contributed by atoms with E-state index >= 15 is 0 Å². The number of piperidine rings is 1. The fraction of sp³-hybridized carbons (Fsp3) is 0.900. The number of carbonyl (C=O) groups is 1. The first kappa shape index (κ1) is 12.2. The minimum absolute atomic E-state index is 0.177. The van der Waals surface area contributed by atoms with Crippen molar-refractivity contribution in [2.75, 3.05) is 13.1 Å². The molecule has 1 rings (SSSR count). The van der Waals surface area contributed by atoms with Crippen LogP contribution in [0.1, 0.15) is 27.2 Å². The highest BCUT2D eigenvalue weighted by molar-refractivity contribution is 5.68. The van der Waals surface area contributed by atoms with Gasteiger partial charge in [0.1, 0.15) is 11.8 Å². The zero-order valence-corrected chi connectivity index (χ0v) is 9.47. The summed E-state index contributed by atoms with van der Waals surface area (Å²) in [4.78, 5) is 11.4. The number of rotatable bonds is 1. The number of hydrogen-bond donors (Lipinski definition) is 2. The van der Waals surface area contributed by atoms with Crippen LogP contribution in [0.4, 0.5) is 9.18 Å². The third-order valence-corrected chi connectivity index (χ3v) is 2.02. The topological polar surface area (TPSA) is 50.4 Å². The molecule has 5 heteroatoms. The second-order valence-corrected chi connectivity index (χ2v) is 4.83. The Kier molecular flexibility index (Phi) is 3.90. The van der Waals surface area contributed by atoms with E-state index in [1.807, 2.05) is 0 Å². The largest absolute Gasteiger partial charge is 0.444 e. The van der Waals surface area contributed by atoms with Crippen LogP contribution in [0, 0.1) is 0 Å². The molecule has 1 unspecified atom stereocenters. The van der Waals surface area contributed by atoms with Gasteiger partial charge in [-0.3, -0.25) is 0 Å². The van der Waals surface area contributed by atoms with Crippen molar-refractivity contribution in [3.8, 4) is 0 Å². The fourth-order valence-electron chi connectivity index (χ4n) is 1.47. The Bertz CT molecular complexity index is 228. The van der Waals surface area contributed by atoms with E-state index in [9.17, 15) is 9.18 Å². The molecule has 0 saturated carbocycles. The fourth-order valence-corrected chi connectivity index (χ4v) is 1.47.